The number of aromatic nitrogens is 14. The van der Waals surface area contributed by atoms with Crippen LogP contribution in [0.4, 0.5) is 28.9 Å². The second kappa shape index (κ2) is 22.2. The van der Waals surface area contributed by atoms with Crippen molar-refractivity contribution in [2.75, 3.05) is 50.9 Å². The maximum Gasteiger partial charge on any atom is 0.387 e. The minimum absolute atomic E-state index is 0.126. The van der Waals surface area contributed by atoms with Gasteiger partial charge in [-0.3, -0.25) is 28.3 Å². The van der Waals surface area contributed by atoms with Crippen LogP contribution in [-0.4, -0.2) is 143 Å². The molecule has 0 atom stereocenters. The average Bonchev–Trinajstić information content (AvgIpc) is 4.34. The van der Waals surface area contributed by atoms with Gasteiger partial charge in [-0.15, -0.1) is 0 Å². The Morgan fingerprint density at radius 1 is 0.630 bits per heavy atom. The number of aryl methyl sites for hydroxylation is 2. The second-order valence-electron chi connectivity index (χ2n) is 20.0. The smallest absolute Gasteiger partial charge is 0.387 e. The van der Waals surface area contributed by atoms with Gasteiger partial charge >= 0.3 is 13.2 Å². The van der Waals surface area contributed by atoms with E-state index in [-0.39, 0.29) is 61.9 Å². The molecule has 12 rings (SSSR count). The van der Waals surface area contributed by atoms with Crippen LogP contribution in [0.5, 0.6) is 34.5 Å². The molecule has 2 aliphatic rings. The number of carbonyl (C=O) groups is 2. The van der Waals surface area contributed by atoms with E-state index in [0.29, 0.717) is 40.2 Å². The van der Waals surface area contributed by atoms with Crippen LogP contribution in [0.15, 0.2) is 123 Å². The molecule has 10 aromatic rings. The van der Waals surface area contributed by atoms with Gasteiger partial charge in [0.1, 0.15) is 45.5 Å². The van der Waals surface area contributed by atoms with Gasteiger partial charge in [0.25, 0.3) is 11.8 Å². The fourth-order valence-corrected chi connectivity index (χ4v) is 10.0. The number of rotatable bonds is 18. The first kappa shape index (κ1) is 53.3. The maximum absolute atomic E-state index is 13.3. The SMILES string of the molecule is CN1CC(C)(Cn2cc(Oc3ccc(OC(F)F)c(-c4nn(C)cc4NC(=O)c4cnn5cccnc45)c3)cn2)C1.CN1CC(Cn2cc(Oc3ccc(OC(F)F)c(-c4nn(C)cc4NC(=O)c4cnn5cccnc45)c3)cn2)C1. The third kappa shape index (κ3) is 12.0. The molecule has 2 saturated heterocycles. The molecular formula is C53H52F4N18O6. The van der Waals surface area contributed by atoms with Crippen molar-refractivity contribution >= 4 is 34.5 Å². The van der Waals surface area contributed by atoms with Crippen LogP contribution in [0.1, 0.15) is 27.6 Å². The Labute approximate surface area is 458 Å². The Hall–Kier alpha value is -9.70. The number of nitrogens with zero attached hydrogens (tertiary/aromatic N) is 16. The number of nitrogens with one attached hydrogen (secondary N) is 2. The molecule has 24 nitrogen and oxygen atoms in total. The molecule has 10 heterocycles. The molecule has 0 bridgehead atoms. The first-order valence-electron chi connectivity index (χ1n) is 25.2. The molecule has 28 heteroatoms. The van der Waals surface area contributed by atoms with Gasteiger partial charge in [-0.25, -0.2) is 19.0 Å². The maximum atomic E-state index is 13.3. The monoisotopic (exact) mass is 1110 g/mol. The van der Waals surface area contributed by atoms with Gasteiger partial charge in [0.15, 0.2) is 22.8 Å². The lowest BCUT2D eigenvalue weighted by atomic mass is 9.82. The molecule has 2 aromatic carbocycles. The van der Waals surface area contributed by atoms with Gasteiger partial charge in [-0.2, -0.15) is 48.2 Å². The molecular weight excluding hydrogens is 1060 g/mol. The molecule has 0 radical (unpaired) electrons. The molecule has 0 aliphatic carbocycles. The van der Waals surface area contributed by atoms with Crippen molar-refractivity contribution < 1.29 is 46.1 Å². The van der Waals surface area contributed by atoms with Crippen molar-refractivity contribution in [3.05, 3.63) is 134 Å². The zero-order valence-corrected chi connectivity index (χ0v) is 44.1. The Bertz CT molecular complexity index is 3890. The molecule has 0 saturated carbocycles. The lowest BCUT2D eigenvalue weighted by Crippen LogP contribution is -2.54. The van der Waals surface area contributed by atoms with Crippen LogP contribution in [0, 0.1) is 11.3 Å². The number of halogens is 4. The summed E-state index contributed by atoms with van der Waals surface area (Å²) in [5.41, 5.74) is 2.73. The Kier molecular flexibility index (Phi) is 14.6. The zero-order valence-electron chi connectivity index (χ0n) is 44.1. The van der Waals surface area contributed by atoms with Crippen molar-refractivity contribution in [3.8, 4) is 57.0 Å². The van der Waals surface area contributed by atoms with E-state index in [1.165, 1.54) is 67.2 Å². The zero-order chi connectivity index (χ0) is 56.5. The highest BCUT2D eigenvalue weighted by atomic mass is 19.3. The van der Waals surface area contributed by atoms with E-state index >= 15 is 0 Å². The minimum atomic E-state index is -3.07. The molecule has 2 amide bonds. The van der Waals surface area contributed by atoms with E-state index < -0.39 is 25.0 Å². The van der Waals surface area contributed by atoms with E-state index in [1.807, 2.05) is 9.36 Å². The highest BCUT2D eigenvalue weighted by molar-refractivity contribution is 6.10. The van der Waals surface area contributed by atoms with Gasteiger partial charge < -0.3 is 39.4 Å². The van der Waals surface area contributed by atoms with Crippen LogP contribution in [0.25, 0.3) is 33.8 Å². The summed E-state index contributed by atoms with van der Waals surface area (Å²) in [5, 5.41) is 31.5. The quantitative estimate of drug-likeness (QED) is 0.0794. The van der Waals surface area contributed by atoms with Crippen LogP contribution in [0.3, 0.4) is 0 Å². The number of carbonyl (C=O) groups excluding carboxylic acids is 2. The van der Waals surface area contributed by atoms with Crippen molar-refractivity contribution in [2.24, 2.45) is 25.4 Å². The molecule has 2 aliphatic heterocycles. The standard InChI is InChI=1S/C27H27F2N9O3.C26H25F2N9O3/c1-27(14-35(2)15-27)16-37-12-18(10-31-37)40-17-5-6-22(41-26(28)29)19(9-17)23-21(13-36(3)34-23)33-25(39)20-11-32-38-8-4-7-30-24(20)38;1-34-11-16(12-34)13-36-14-18(9-30-36)39-17-4-5-22(40-26(27)28)19(8-17)23-21(15-35(2)33-23)32-25(38)20-10-31-37-7-3-6-29-24(20)37/h4-13,26H,14-16H2,1-3H3,(H,33,39);3-10,14-16,26H,11-13H2,1-2H3,(H,32,38). The van der Waals surface area contributed by atoms with Gasteiger partial charge in [-0.1, -0.05) is 6.92 Å². The molecule has 2 N–H and O–H groups in total. The number of fused-ring (bicyclic) bond motifs is 2. The number of ether oxygens (including phenoxy) is 4. The summed E-state index contributed by atoms with van der Waals surface area (Å²) in [6.45, 7) is 1.58. The fourth-order valence-electron chi connectivity index (χ4n) is 10.0. The first-order chi connectivity index (χ1) is 39.0. The minimum Gasteiger partial charge on any atom is -0.454 e. The van der Waals surface area contributed by atoms with Gasteiger partial charge in [0, 0.05) is 102 Å². The average molecular weight is 1110 g/mol. The van der Waals surface area contributed by atoms with Crippen molar-refractivity contribution in [3.63, 3.8) is 0 Å². The molecule has 81 heavy (non-hydrogen) atoms. The van der Waals surface area contributed by atoms with Gasteiger partial charge in [-0.05, 0) is 62.6 Å². The fraction of sp³-hybridized carbons (Fsp3) is 0.283. The number of anilines is 2. The Balaban J connectivity index is 0.000000170. The number of amides is 2. The molecule has 0 unspecified atom stereocenters. The number of hydrogen-bond acceptors (Lipinski definition) is 16. The second-order valence-corrected chi connectivity index (χ2v) is 20.0. The highest BCUT2D eigenvalue weighted by Crippen LogP contribution is 2.41. The predicted octanol–water partition coefficient (Wildman–Crippen LogP) is 7.46. The van der Waals surface area contributed by atoms with E-state index in [4.69, 9.17) is 18.9 Å². The lowest BCUT2D eigenvalue weighted by Gasteiger charge is -2.46. The lowest BCUT2D eigenvalue weighted by molar-refractivity contribution is -0.0501. The third-order valence-electron chi connectivity index (χ3n) is 13.2. The van der Waals surface area contributed by atoms with Gasteiger partial charge in [0.05, 0.1) is 59.7 Å². The van der Waals surface area contributed by atoms with Crippen LogP contribution < -0.4 is 29.6 Å². The van der Waals surface area contributed by atoms with E-state index in [2.05, 4.69) is 82.0 Å². The predicted molar refractivity (Wildman–Crippen MR) is 284 cm³/mol. The van der Waals surface area contributed by atoms with Crippen LogP contribution in [-0.2, 0) is 27.2 Å². The van der Waals surface area contributed by atoms with Crippen LogP contribution >= 0.6 is 0 Å². The normalized spacial score (nSPS) is 14.4. The summed E-state index contributed by atoms with van der Waals surface area (Å²) in [6, 6.07) is 12.2. The number of benzene rings is 2. The van der Waals surface area contributed by atoms with E-state index in [0.717, 1.165) is 39.3 Å². The van der Waals surface area contributed by atoms with E-state index in [9.17, 15) is 27.2 Å². The number of likely N-dealkylation sites (tertiary alicyclic amines) is 2. The molecule has 2 fully saturated rings. The highest BCUT2D eigenvalue weighted by Gasteiger charge is 2.37. The molecule has 418 valence electrons. The third-order valence-corrected chi connectivity index (χ3v) is 13.2. The topological polar surface area (TPSA) is 233 Å². The summed E-state index contributed by atoms with van der Waals surface area (Å²) < 4.78 is 84.4. The number of hydrogen-bond donors (Lipinski definition) is 2. The Morgan fingerprint density at radius 3 is 1.58 bits per heavy atom. The largest absolute Gasteiger partial charge is 0.454 e. The van der Waals surface area contributed by atoms with Gasteiger partial charge in [0.2, 0.25) is 0 Å². The summed E-state index contributed by atoms with van der Waals surface area (Å²) in [4.78, 5) is 39.2. The molecule has 8 aromatic heterocycles. The summed E-state index contributed by atoms with van der Waals surface area (Å²) >= 11 is 0. The first-order valence-corrected chi connectivity index (χ1v) is 25.2. The van der Waals surface area contributed by atoms with Crippen molar-refractivity contribution in [2.45, 2.75) is 33.2 Å². The summed E-state index contributed by atoms with van der Waals surface area (Å²) in [7, 11) is 7.45. The summed E-state index contributed by atoms with van der Waals surface area (Å²) in [5.74, 6) is 0.994. The van der Waals surface area contributed by atoms with E-state index in [1.54, 1.807) is 88.2 Å². The number of alkyl halides is 4. The van der Waals surface area contributed by atoms with Crippen molar-refractivity contribution in [1.29, 1.82) is 0 Å². The Morgan fingerprint density at radius 2 is 1.11 bits per heavy atom. The molecule has 0 spiro atoms. The van der Waals surface area contributed by atoms with Crippen LogP contribution in [0.2, 0.25) is 0 Å². The summed E-state index contributed by atoms with van der Waals surface area (Å²) in [6.07, 6.45) is 19.2. The van der Waals surface area contributed by atoms with Crippen molar-refractivity contribution in [1.82, 2.24) is 78.1 Å².